The lowest BCUT2D eigenvalue weighted by Crippen LogP contribution is -2.48. The van der Waals surface area contributed by atoms with E-state index in [1.807, 2.05) is 42.5 Å². The molecule has 0 unspecified atom stereocenters. The summed E-state index contributed by atoms with van der Waals surface area (Å²) in [5.41, 5.74) is 2.57. The molecule has 1 aliphatic rings. The number of nitrogens with one attached hydrogen (secondary N) is 3. The van der Waals surface area contributed by atoms with E-state index in [0.717, 1.165) is 24.0 Å². The summed E-state index contributed by atoms with van der Waals surface area (Å²) < 4.78 is 0. The summed E-state index contributed by atoms with van der Waals surface area (Å²) in [6.45, 7) is 0.476. The number of carbonyl (C=O) groups excluding carboxylic acids is 3. The second-order valence-corrected chi connectivity index (χ2v) is 6.53. The van der Waals surface area contributed by atoms with Crippen LogP contribution < -0.4 is 16.0 Å². The molecule has 3 rings (SSSR count). The van der Waals surface area contributed by atoms with Crippen molar-refractivity contribution < 1.29 is 14.4 Å². The molecule has 2 aromatic rings. The smallest absolute Gasteiger partial charge is 0.251 e. The van der Waals surface area contributed by atoms with E-state index in [0.29, 0.717) is 18.5 Å². The third-order valence-corrected chi connectivity index (χ3v) is 4.53. The summed E-state index contributed by atoms with van der Waals surface area (Å²) in [4.78, 5) is 36.1. The zero-order valence-corrected chi connectivity index (χ0v) is 15.0. The molecule has 1 fully saturated rings. The van der Waals surface area contributed by atoms with Gasteiger partial charge in [-0.25, -0.2) is 0 Å². The van der Waals surface area contributed by atoms with Gasteiger partial charge in [-0.3, -0.25) is 14.4 Å². The van der Waals surface area contributed by atoms with Crippen LogP contribution in [0, 0.1) is 0 Å². The molecule has 0 aliphatic carbocycles. The Morgan fingerprint density at radius 1 is 0.963 bits per heavy atom. The summed E-state index contributed by atoms with van der Waals surface area (Å²) in [6.07, 6.45) is 2.41. The molecule has 0 bridgehead atoms. The van der Waals surface area contributed by atoms with E-state index >= 15 is 0 Å². The maximum Gasteiger partial charge on any atom is 0.251 e. The van der Waals surface area contributed by atoms with Gasteiger partial charge in [-0.15, -0.1) is 0 Å². The first-order chi connectivity index (χ1) is 13.1. The molecule has 0 aromatic heterocycles. The minimum absolute atomic E-state index is 0.163. The Kier molecular flexibility index (Phi) is 6.20. The number of carbonyl (C=O) groups is 3. The molecular formula is C21H23N3O3. The first-order valence-corrected chi connectivity index (χ1v) is 9.14. The quantitative estimate of drug-likeness (QED) is 0.756. The predicted molar refractivity (Wildman–Crippen MR) is 103 cm³/mol. The van der Waals surface area contributed by atoms with Crippen LogP contribution in [0.2, 0.25) is 0 Å². The largest absolute Gasteiger partial charge is 0.354 e. The first kappa shape index (κ1) is 18.6. The minimum Gasteiger partial charge on any atom is -0.354 e. The first-order valence-electron chi connectivity index (χ1n) is 9.14. The lowest BCUT2D eigenvalue weighted by molar-refractivity contribution is -0.128. The molecule has 0 radical (unpaired) electrons. The Morgan fingerprint density at radius 3 is 2.41 bits per heavy atom. The molecule has 1 saturated heterocycles. The SMILES string of the molecule is O=C(CNC(=O)c1ccc(-c2ccccc2)cc1)N[C@@H]1CCCCNC1=O. The van der Waals surface area contributed by atoms with Crippen molar-refractivity contribution in [3.05, 3.63) is 60.2 Å². The van der Waals surface area contributed by atoms with Crippen LogP contribution in [0.25, 0.3) is 11.1 Å². The van der Waals surface area contributed by atoms with Crippen LogP contribution >= 0.6 is 0 Å². The van der Waals surface area contributed by atoms with Gasteiger partial charge < -0.3 is 16.0 Å². The predicted octanol–water partition coefficient (Wildman–Crippen LogP) is 1.87. The summed E-state index contributed by atoms with van der Waals surface area (Å²) >= 11 is 0. The van der Waals surface area contributed by atoms with Gasteiger partial charge in [-0.05, 0) is 42.5 Å². The van der Waals surface area contributed by atoms with Crippen LogP contribution in [0.5, 0.6) is 0 Å². The summed E-state index contributed by atoms with van der Waals surface area (Å²) in [6, 6.07) is 16.6. The minimum atomic E-state index is -0.526. The van der Waals surface area contributed by atoms with Crippen molar-refractivity contribution >= 4 is 17.7 Å². The topological polar surface area (TPSA) is 87.3 Å². The maximum absolute atomic E-state index is 12.2. The number of rotatable bonds is 5. The van der Waals surface area contributed by atoms with Crippen molar-refractivity contribution in [3.63, 3.8) is 0 Å². The van der Waals surface area contributed by atoms with Crippen LogP contribution in [0.1, 0.15) is 29.6 Å². The molecule has 1 aliphatic heterocycles. The van der Waals surface area contributed by atoms with Crippen LogP contribution in [-0.4, -0.2) is 36.9 Å². The van der Waals surface area contributed by atoms with Gasteiger partial charge in [0.25, 0.3) is 5.91 Å². The van der Waals surface area contributed by atoms with Crippen molar-refractivity contribution in [2.45, 2.75) is 25.3 Å². The van der Waals surface area contributed by atoms with Crippen molar-refractivity contribution in [2.75, 3.05) is 13.1 Å². The molecule has 0 spiro atoms. The molecule has 3 amide bonds. The molecule has 3 N–H and O–H groups in total. The van der Waals surface area contributed by atoms with Gasteiger partial charge in [0.2, 0.25) is 11.8 Å². The van der Waals surface area contributed by atoms with E-state index in [-0.39, 0.29) is 24.3 Å². The fraction of sp³-hybridized carbons (Fsp3) is 0.286. The van der Waals surface area contributed by atoms with E-state index < -0.39 is 6.04 Å². The number of benzene rings is 2. The molecule has 2 aromatic carbocycles. The molecule has 6 heteroatoms. The van der Waals surface area contributed by atoms with Crippen LogP contribution in [0.4, 0.5) is 0 Å². The molecule has 1 atom stereocenters. The fourth-order valence-electron chi connectivity index (χ4n) is 3.03. The van der Waals surface area contributed by atoms with Gasteiger partial charge in [-0.2, -0.15) is 0 Å². The van der Waals surface area contributed by atoms with Crippen molar-refractivity contribution in [3.8, 4) is 11.1 Å². The average Bonchev–Trinajstić information content (AvgIpc) is 2.91. The van der Waals surface area contributed by atoms with Gasteiger partial charge in [0.05, 0.1) is 6.54 Å². The van der Waals surface area contributed by atoms with Gasteiger partial charge in [0, 0.05) is 12.1 Å². The summed E-state index contributed by atoms with van der Waals surface area (Å²) in [5, 5.41) is 8.04. The highest BCUT2D eigenvalue weighted by Gasteiger charge is 2.22. The summed E-state index contributed by atoms with van der Waals surface area (Å²) in [5.74, 6) is -0.856. The lowest BCUT2D eigenvalue weighted by atomic mass is 10.0. The normalized spacial score (nSPS) is 16.7. The molecular weight excluding hydrogens is 342 g/mol. The van der Waals surface area contributed by atoms with Crippen molar-refractivity contribution in [2.24, 2.45) is 0 Å². The number of hydrogen-bond donors (Lipinski definition) is 3. The van der Waals surface area contributed by atoms with Crippen LogP contribution in [0.3, 0.4) is 0 Å². The summed E-state index contributed by atoms with van der Waals surface area (Å²) in [7, 11) is 0. The lowest BCUT2D eigenvalue weighted by Gasteiger charge is -2.15. The maximum atomic E-state index is 12.2. The molecule has 1 heterocycles. The Bertz CT molecular complexity index is 803. The highest BCUT2D eigenvalue weighted by Crippen LogP contribution is 2.19. The molecule has 0 saturated carbocycles. The van der Waals surface area contributed by atoms with Gasteiger partial charge in [-0.1, -0.05) is 42.5 Å². The molecule has 6 nitrogen and oxygen atoms in total. The fourth-order valence-corrected chi connectivity index (χ4v) is 3.03. The second-order valence-electron chi connectivity index (χ2n) is 6.53. The Morgan fingerprint density at radius 2 is 1.67 bits per heavy atom. The third-order valence-electron chi connectivity index (χ3n) is 4.53. The highest BCUT2D eigenvalue weighted by atomic mass is 16.2. The van der Waals surface area contributed by atoms with Gasteiger partial charge in [0.15, 0.2) is 0 Å². The van der Waals surface area contributed by atoms with Crippen LogP contribution in [-0.2, 0) is 9.59 Å². The Labute approximate surface area is 158 Å². The van der Waals surface area contributed by atoms with E-state index in [1.165, 1.54) is 0 Å². The number of amides is 3. The van der Waals surface area contributed by atoms with E-state index in [9.17, 15) is 14.4 Å². The second kappa shape index (κ2) is 8.98. The number of hydrogen-bond acceptors (Lipinski definition) is 3. The van der Waals surface area contributed by atoms with Crippen molar-refractivity contribution in [1.82, 2.24) is 16.0 Å². The van der Waals surface area contributed by atoms with E-state index in [1.54, 1.807) is 12.1 Å². The van der Waals surface area contributed by atoms with Gasteiger partial charge >= 0.3 is 0 Å². The van der Waals surface area contributed by atoms with Crippen molar-refractivity contribution in [1.29, 1.82) is 0 Å². The molecule has 140 valence electrons. The zero-order valence-electron chi connectivity index (χ0n) is 15.0. The van der Waals surface area contributed by atoms with E-state index in [4.69, 9.17) is 0 Å². The highest BCUT2D eigenvalue weighted by molar-refractivity contribution is 5.97. The average molecular weight is 365 g/mol. The third kappa shape index (κ3) is 5.17. The van der Waals surface area contributed by atoms with E-state index in [2.05, 4.69) is 16.0 Å². The van der Waals surface area contributed by atoms with Crippen LogP contribution in [0.15, 0.2) is 54.6 Å². The standard InChI is InChI=1S/C21H23N3O3/c25-19(24-18-8-4-5-13-22-21(18)27)14-23-20(26)17-11-9-16(10-12-17)15-6-2-1-3-7-15/h1-3,6-7,9-12,18H,4-5,8,13-14H2,(H,22,27)(H,23,26)(H,24,25)/t18-/m1/s1. The Hall–Kier alpha value is -3.15. The zero-order chi connectivity index (χ0) is 19.1. The Balaban J connectivity index is 1.51. The monoisotopic (exact) mass is 365 g/mol. The van der Waals surface area contributed by atoms with Gasteiger partial charge in [0.1, 0.15) is 6.04 Å². The molecule has 27 heavy (non-hydrogen) atoms.